The van der Waals surface area contributed by atoms with Crippen molar-refractivity contribution in [1.82, 2.24) is 0 Å². The third kappa shape index (κ3) is 3.09. The van der Waals surface area contributed by atoms with E-state index in [1.54, 1.807) is 18.4 Å². The summed E-state index contributed by atoms with van der Waals surface area (Å²) in [6.07, 6.45) is 0.838. The Labute approximate surface area is 114 Å². The molecule has 0 amide bonds. The van der Waals surface area contributed by atoms with Gasteiger partial charge in [-0.25, -0.2) is 0 Å². The van der Waals surface area contributed by atoms with Gasteiger partial charge in [-0.3, -0.25) is 0 Å². The molecule has 0 saturated carbocycles. The molecule has 1 heterocycles. The smallest absolute Gasteiger partial charge is 0.123 e. The van der Waals surface area contributed by atoms with Crippen LogP contribution in [-0.4, -0.2) is 7.11 Å². The van der Waals surface area contributed by atoms with Crippen molar-refractivity contribution in [3.63, 3.8) is 0 Å². The highest BCUT2D eigenvalue weighted by Gasteiger charge is 2.13. The number of rotatable bonds is 4. The van der Waals surface area contributed by atoms with Crippen LogP contribution < -0.4 is 10.5 Å². The predicted octanol–water partition coefficient (Wildman–Crippen LogP) is 3.76. The SMILES string of the molecule is COc1ccc(Br)cc1C(N)Cc1cccs1. The molecule has 4 heteroatoms. The molecule has 0 saturated heterocycles. The van der Waals surface area contributed by atoms with Gasteiger partial charge in [0.15, 0.2) is 0 Å². The van der Waals surface area contributed by atoms with Crippen molar-refractivity contribution < 1.29 is 4.74 Å². The van der Waals surface area contributed by atoms with Gasteiger partial charge in [0.05, 0.1) is 7.11 Å². The molecule has 1 aromatic heterocycles. The molecule has 17 heavy (non-hydrogen) atoms. The molecule has 2 rings (SSSR count). The third-order valence-corrected chi connectivity index (χ3v) is 3.98. The maximum Gasteiger partial charge on any atom is 0.123 e. The van der Waals surface area contributed by atoms with E-state index >= 15 is 0 Å². The molecule has 0 aliphatic carbocycles. The van der Waals surface area contributed by atoms with Gasteiger partial charge < -0.3 is 10.5 Å². The van der Waals surface area contributed by atoms with E-state index in [0.717, 1.165) is 22.2 Å². The molecule has 0 fully saturated rings. The summed E-state index contributed by atoms with van der Waals surface area (Å²) in [6.45, 7) is 0. The average Bonchev–Trinajstić information content (AvgIpc) is 2.81. The standard InChI is InChI=1S/C13H14BrNOS/c1-16-13-5-4-9(14)7-11(13)12(15)8-10-3-2-6-17-10/h2-7,12H,8,15H2,1H3. The molecule has 0 spiro atoms. The molecular formula is C13H14BrNOS. The van der Waals surface area contributed by atoms with Crippen molar-refractivity contribution in [2.24, 2.45) is 5.73 Å². The first-order valence-electron chi connectivity index (χ1n) is 5.32. The lowest BCUT2D eigenvalue weighted by Crippen LogP contribution is -2.13. The maximum absolute atomic E-state index is 6.24. The van der Waals surface area contributed by atoms with Gasteiger partial charge in [0.2, 0.25) is 0 Å². The Hall–Kier alpha value is -0.840. The van der Waals surface area contributed by atoms with E-state index in [-0.39, 0.29) is 6.04 Å². The van der Waals surface area contributed by atoms with Gasteiger partial charge in [0, 0.05) is 27.4 Å². The van der Waals surface area contributed by atoms with E-state index in [4.69, 9.17) is 10.5 Å². The van der Waals surface area contributed by atoms with Crippen LogP contribution in [0.3, 0.4) is 0 Å². The lowest BCUT2D eigenvalue weighted by Gasteiger charge is -2.15. The summed E-state index contributed by atoms with van der Waals surface area (Å²) in [4.78, 5) is 1.29. The fourth-order valence-electron chi connectivity index (χ4n) is 1.75. The summed E-state index contributed by atoms with van der Waals surface area (Å²) in [5.74, 6) is 0.845. The van der Waals surface area contributed by atoms with Crippen LogP contribution in [-0.2, 0) is 6.42 Å². The van der Waals surface area contributed by atoms with Gasteiger partial charge in [0.1, 0.15) is 5.75 Å². The molecule has 1 unspecified atom stereocenters. The average molecular weight is 312 g/mol. The molecule has 1 aromatic carbocycles. The van der Waals surface area contributed by atoms with Crippen LogP contribution in [0.25, 0.3) is 0 Å². The molecule has 90 valence electrons. The van der Waals surface area contributed by atoms with E-state index in [2.05, 4.69) is 27.4 Å². The second-order valence-corrected chi connectivity index (χ2v) is 5.72. The zero-order chi connectivity index (χ0) is 12.3. The highest BCUT2D eigenvalue weighted by molar-refractivity contribution is 9.10. The molecule has 1 atom stereocenters. The Morgan fingerprint density at radius 1 is 1.41 bits per heavy atom. The topological polar surface area (TPSA) is 35.2 Å². The number of hydrogen-bond donors (Lipinski definition) is 1. The van der Waals surface area contributed by atoms with Crippen LogP contribution in [0.15, 0.2) is 40.2 Å². The first-order valence-corrected chi connectivity index (χ1v) is 6.99. The minimum absolute atomic E-state index is 0.0406. The molecule has 0 aliphatic heterocycles. The van der Waals surface area contributed by atoms with Crippen molar-refractivity contribution in [1.29, 1.82) is 0 Å². The van der Waals surface area contributed by atoms with Crippen molar-refractivity contribution in [2.45, 2.75) is 12.5 Å². The molecule has 0 radical (unpaired) electrons. The Bertz CT molecular complexity index is 484. The fourth-order valence-corrected chi connectivity index (χ4v) is 2.89. The number of nitrogens with two attached hydrogens (primary N) is 1. The van der Waals surface area contributed by atoms with Gasteiger partial charge in [-0.1, -0.05) is 22.0 Å². The highest BCUT2D eigenvalue weighted by atomic mass is 79.9. The van der Waals surface area contributed by atoms with Crippen LogP contribution in [0.5, 0.6) is 5.75 Å². The number of thiophene rings is 1. The largest absolute Gasteiger partial charge is 0.496 e. The zero-order valence-electron chi connectivity index (χ0n) is 9.52. The summed E-state index contributed by atoms with van der Waals surface area (Å²) in [5.41, 5.74) is 7.27. The first-order chi connectivity index (χ1) is 8.20. The maximum atomic E-state index is 6.24. The van der Waals surface area contributed by atoms with Crippen LogP contribution in [0.1, 0.15) is 16.5 Å². The summed E-state index contributed by atoms with van der Waals surface area (Å²) >= 11 is 5.19. The van der Waals surface area contributed by atoms with Gasteiger partial charge >= 0.3 is 0 Å². The van der Waals surface area contributed by atoms with Crippen molar-refractivity contribution >= 4 is 27.3 Å². The zero-order valence-corrected chi connectivity index (χ0v) is 11.9. The Balaban J connectivity index is 2.23. The van der Waals surface area contributed by atoms with Crippen molar-refractivity contribution in [3.8, 4) is 5.75 Å². The van der Waals surface area contributed by atoms with Crippen LogP contribution in [0, 0.1) is 0 Å². The first kappa shape index (κ1) is 12.6. The van der Waals surface area contributed by atoms with Crippen molar-refractivity contribution in [2.75, 3.05) is 7.11 Å². The van der Waals surface area contributed by atoms with Crippen LogP contribution in [0.4, 0.5) is 0 Å². The number of ether oxygens (including phenoxy) is 1. The summed E-state index contributed by atoms with van der Waals surface area (Å²) in [6, 6.07) is 10.0. The monoisotopic (exact) mass is 311 g/mol. The lowest BCUT2D eigenvalue weighted by atomic mass is 10.0. The molecule has 2 N–H and O–H groups in total. The number of benzene rings is 1. The van der Waals surface area contributed by atoms with E-state index in [0.29, 0.717) is 0 Å². The number of hydrogen-bond acceptors (Lipinski definition) is 3. The van der Waals surface area contributed by atoms with Crippen LogP contribution in [0.2, 0.25) is 0 Å². The van der Waals surface area contributed by atoms with E-state index in [9.17, 15) is 0 Å². The van der Waals surface area contributed by atoms with Gasteiger partial charge in [-0.05, 0) is 29.6 Å². The minimum atomic E-state index is -0.0406. The number of halogens is 1. The summed E-state index contributed by atoms with van der Waals surface area (Å²) in [7, 11) is 1.67. The third-order valence-electron chi connectivity index (χ3n) is 2.59. The molecule has 0 bridgehead atoms. The highest BCUT2D eigenvalue weighted by Crippen LogP contribution is 2.29. The van der Waals surface area contributed by atoms with E-state index in [1.165, 1.54) is 4.88 Å². The van der Waals surface area contributed by atoms with Gasteiger partial charge in [-0.2, -0.15) is 0 Å². The van der Waals surface area contributed by atoms with Crippen molar-refractivity contribution in [3.05, 3.63) is 50.6 Å². The minimum Gasteiger partial charge on any atom is -0.496 e. The lowest BCUT2D eigenvalue weighted by molar-refractivity contribution is 0.405. The second-order valence-electron chi connectivity index (χ2n) is 3.78. The molecule has 2 nitrogen and oxygen atoms in total. The Kier molecular flexibility index (Phi) is 4.20. The summed E-state index contributed by atoms with van der Waals surface area (Å²) in [5, 5.41) is 2.07. The van der Waals surface area contributed by atoms with E-state index < -0.39 is 0 Å². The Morgan fingerprint density at radius 2 is 2.24 bits per heavy atom. The van der Waals surface area contributed by atoms with E-state index in [1.807, 2.05) is 24.3 Å². The molecule has 2 aromatic rings. The quantitative estimate of drug-likeness (QED) is 0.933. The second kappa shape index (κ2) is 5.67. The molecule has 0 aliphatic rings. The van der Waals surface area contributed by atoms with Crippen LogP contribution >= 0.6 is 27.3 Å². The van der Waals surface area contributed by atoms with Gasteiger partial charge in [0.25, 0.3) is 0 Å². The summed E-state index contributed by atoms with van der Waals surface area (Å²) < 4.78 is 6.37. The predicted molar refractivity (Wildman–Crippen MR) is 75.6 cm³/mol. The fraction of sp³-hybridized carbons (Fsp3) is 0.231. The van der Waals surface area contributed by atoms with Gasteiger partial charge in [-0.15, -0.1) is 11.3 Å². The molecular weight excluding hydrogens is 298 g/mol. The Morgan fingerprint density at radius 3 is 2.88 bits per heavy atom. The normalized spacial score (nSPS) is 12.4. The number of methoxy groups -OCH3 is 1.